The fourth-order valence-electron chi connectivity index (χ4n) is 4.34. The van der Waals surface area contributed by atoms with E-state index in [9.17, 15) is 18.0 Å². The molecule has 2 aliphatic heterocycles. The van der Waals surface area contributed by atoms with Crippen molar-refractivity contribution in [2.75, 3.05) is 33.2 Å². The minimum absolute atomic E-state index is 0.249. The lowest BCUT2D eigenvalue weighted by Crippen LogP contribution is -2.46. The van der Waals surface area contributed by atoms with E-state index in [0.29, 0.717) is 45.2 Å². The van der Waals surface area contributed by atoms with E-state index in [2.05, 4.69) is 16.8 Å². The minimum Gasteiger partial charge on any atom is -0.338 e. The summed E-state index contributed by atoms with van der Waals surface area (Å²) in [6.45, 7) is 4.88. The number of rotatable bonds is 1. The van der Waals surface area contributed by atoms with Crippen LogP contribution in [0.15, 0.2) is 58.1 Å². The molecule has 164 valence electrons. The number of guanidine groups is 1. The summed E-state index contributed by atoms with van der Waals surface area (Å²) >= 11 is 0. The van der Waals surface area contributed by atoms with Gasteiger partial charge in [0.2, 0.25) is 5.96 Å². The van der Waals surface area contributed by atoms with Gasteiger partial charge in [0.25, 0.3) is 0 Å². The number of allylic oxidation sites excluding steroid dienone is 2. The number of alkyl halides is 3. The molecule has 2 aromatic carbocycles. The van der Waals surface area contributed by atoms with Crippen LogP contribution >= 0.6 is 0 Å². The maximum absolute atomic E-state index is 13.5. The molecule has 2 heterocycles. The summed E-state index contributed by atoms with van der Waals surface area (Å²) in [6, 6.07) is 10.6. The second-order valence-corrected chi connectivity index (χ2v) is 8.29. The summed E-state index contributed by atoms with van der Waals surface area (Å²) < 4.78 is 39.6. The lowest BCUT2D eigenvalue weighted by Gasteiger charge is -2.32. The van der Waals surface area contributed by atoms with Crippen LogP contribution in [0.4, 0.5) is 13.2 Å². The Morgan fingerprint density at radius 2 is 1.59 bits per heavy atom. The van der Waals surface area contributed by atoms with Gasteiger partial charge in [-0.05, 0) is 37.2 Å². The van der Waals surface area contributed by atoms with E-state index in [1.165, 1.54) is 6.07 Å². The molecule has 0 radical (unpaired) electrons. The van der Waals surface area contributed by atoms with E-state index in [-0.39, 0.29) is 5.78 Å². The maximum atomic E-state index is 13.5. The van der Waals surface area contributed by atoms with Gasteiger partial charge >= 0.3 is 6.18 Å². The zero-order valence-electron chi connectivity index (χ0n) is 17.7. The number of hydrogen-bond donors (Lipinski definition) is 0. The van der Waals surface area contributed by atoms with Crippen LogP contribution in [0.3, 0.4) is 0 Å². The van der Waals surface area contributed by atoms with E-state index in [1.807, 2.05) is 12.1 Å². The normalized spacial score (nSPS) is 19.0. The molecule has 1 aliphatic carbocycles. The Balaban J connectivity index is 1.67. The van der Waals surface area contributed by atoms with E-state index in [1.54, 1.807) is 19.1 Å². The predicted octanol–water partition coefficient (Wildman–Crippen LogP) is 4.03. The molecule has 32 heavy (non-hydrogen) atoms. The molecule has 0 N–H and O–H groups in total. The molecule has 0 aromatic heterocycles. The monoisotopic (exact) mass is 438 g/mol. The Kier molecular flexibility index (Phi) is 4.78. The molecule has 1 saturated heterocycles. The van der Waals surface area contributed by atoms with E-state index in [4.69, 9.17) is 9.98 Å². The van der Waals surface area contributed by atoms with Gasteiger partial charge in [-0.3, -0.25) is 4.79 Å². The molecular weight excluding hydrogens is 417 g/mol. The number of hydrogen-bond acceptors (Lipinski definition) is 5. The third-order valence-electron chi connectivity index (χ3n) is 6.15. The van der Waals surface area contributed by atoms with E-state index < -0.39 is 11.7 Å². The van der Waals surface area contributed by atoms with Gasteiger partial charge in [0, 0.05) is 37.3 Å². The summed E-state index contributed by atoms with van der Waals surface area (Å²) in [6.07, 6.45) is -4.45. The van der Waals surface area contributed by atoms with Gasteiger partial charge in [-0.2, -0.15) is 13.2 Å². The molecule has 0 spiro atoms. The first-order valence-corrected chi connectivity index (χ1v) is 10.4. The van der Waals surface area contributed by atoms with Gasteiger partial charge in [-0.25, -0.2) is 9.98 Å². The largest absolute Gasteiger partial charge is 0.416 e. The first kappa shape index (κ1) is 20.6. The van der Waals surface area contributed by atoms with Gasteiger partial charge < -0.3 is 9.80 Å². The molecule has 8 heteroatoms. The average molecular weight is 438 g/mol. The fourth-order valence-corrected chi connectivity index (χ4v) is 4.34. The average Bonchev–Trinajstić information content (AvgIpc) is 3.20. The van der Waals surface area contributed by atoms with Crippen molar-refractivity contribution in [3.05, 3.63) is 76.0 Å². The Hall–Kier alpha value is -3.26. The second-order valence-electron chi connectivity index (χ2n) is 8.29. The maximum Gasteiger partial charge on any atom is 0.416 e. The van der Waals surface area contributed by atoms with Crippen LogP contribution in [0, 0.1) is 6.92 Å². The lowest BCUT2D eigenvalue weighted by molar-refractivity contribution is -0.137. The quantitative estimate of drug-likeness (QED) is 0.676. The van der Waals surface area contributed by atoms with Gasteiger partial charge in [-0.15, -0.1) is 0 Å². The number of aryl methyl sites for hydroxylation is 1. The number of carbonyl (C=O) groups excluding carboxylic acids is 1. The van der Waals surface area contributed by atoms with Gasteiger partial charge in [-0.1, -0.05) is 30.3 Å². The van der Waals surface area contributed by atoms with Crippen LogP contribution in [0.5, 0.6) is 0 Å². The Bertz CT molecular complexity index is 1220. The molecule has 0 unspecified atom stereocenters. The molecule has 5 nitrogen and oxygen atoms in total. The van der Waals surface area contributed by atoms with Crippen molar-refractivity contribution in [3.8, 4) is 0 Å². The smallest absolute Gasteiger partial charge is 0.338 e. The van der Waals surface area contributed by atoms with Crippen LogP contribution in [0.1, 0.15) is 32.6 Å². The molecular formula is C24H21F3N4O. The van der Waals surface area contributed by atoms with Gasteiger partial charge in [0.05, 0.1) is 11.1 Å². The number of fused-ring (bicyclic) bond motifs is 3. The molecule has 3 aliphatic rings. The van der Waals surface area contributed by atoms with Crippen LogP contribution < -0.4 is 0 Å². The predicted molar refractivity (Wildman–Crippen MR) is 117 cm³/mol. The summed E-state index contributed by atoms with van der Waals surface area (Å²) in [7, 11) is 2.06. The lowest BCUT2D eigenvalue weighted by atomic mass is 9.82. The minimum atomic E-state index is -4.45. The van der Waals surface area contributed by atoms with Crippen LogP contribution in [0.25, 0.3) is 5.57 Å². The number of likely N-dealkylation sites (N-methyl/N-ethyl adjacent to an activating group) is 1. The third-order valence-corrected chi connectivity index (χ3v) is 6.15. The van der Waals surface area contributed by atoms with Crippen molar-refractivity contribution in [1.82, 2.24) is 9.80 Å². The molecule has 0 atom stereocenters. The van der Waals surface area contributed by atoms with Crippen LogP contribution in [-0.4, -0.2) is 60.5 Å². The highest BCUT2D eigenvalue weighted by atomic mass is 19.4. The number of carbonyl (C=O) groups is 1. The third kappa shape index (κ3) is 3.35. The zero-order chi connectivity index (χ0) is 22.6. The van der Waals surface area contributed by atoms with Crippen molar-refractivity contribution >= 4 is 23.0 Å². The van der Waals surface area contributed by atoms with E-state index in [0.717, 1.165) is 38.3 Å². The SMILES string of the molecule is Cc1cc(C(F)(F)F)ccc1C1=C2N=C(N3CCN(C)CC3)N=C2c2ccccc2C1=O. The van der Waals surface area contributed by atoms with E-state index >= 15 is 0 Å². The van der Waals surface area contributed by atoms with Crippen molar-refractivity contribution in [3.63, 3.8) is 0 Å². The van der Waals surface area contributed by atoms with Gasteiger partial charge in [0.1, 0.15) is 11.4 Å². The van der Waals surface area contributed by atoms with Crippen LogP contribution in [0.2, 0.25) is 0 Å². The number of piperazine rings is 1. The molecule has 0 amide bonds. The molecule has 2 aromatic rings. The van der Waals surface area contributed by atoms with Crippen molar-refractivity contribution in [1.29, 1.82) is 0 Å². The van der Waals surface area contributed by atoms with Crippen molar-refractivity contribution < 1.29 is 18.0 Å². The molecule has 5 rings (SSSR count). The molecule has 0 bridgehead atoms. The summed E-state index contributed by atoms with van der Waals surface area (Å²) in [5, 5.41) is 0. The summed E-state index contributed by atoms with van der Waals surface area (Å²) in [5.41, 5.74) is 2.61. The number of halogens is 3. The topological polar surface area (TPSA) is 48.3 Å². The Labute approximate surface area is 183 Å². The second kappa shape index (κ2) is 7.41. The molecule has 0 saturated carbocycles. The van der Waals surface area contributed by atoms with Crippen molar-refractivity contribution in [2.45, 2.75) is 13.1 Å². The summed E-state index contributed by atoms with van der Waals surface area (Å²) in [4.78, 5) is 27.3. The fraction of sp³-hybridized carbons (Fsp3) is 0.292. The highest BCUT2D eigenvalue weighted by molar-refractivity contribution is 6.43. The van der Waals surface area contributed by atoms with Gasteiger partial charge in [0.15, 0.2) is 5.78 Å². The molecule has 1 fully saturated rings. The highest BCUT2D eigenvalue weighted by Gasteiger charge is 2.37. The number of nitrogens with zero attached hydrogens (tertiary/aromatic N) is 4. The number of aliphatic imine (C=N–C) groups is 2. The van der Waals surface area contributed by atoms with Crippen molar-refractivity contribution in [2.24, 2.45) is 9.98 Å². The summed E-state index contributed by atoms with van der Waals surface area (Å²) in [5.74, 6) is 0.301. The Morgan fingerprint density at radius 1 is 0.906 bits per heavy atom. The first-order chi connectivity index (χ1) is 15.2. The Morgan fingerprint density at radius 3 is 2.25 bits per heavy atom. The zero-order valence-corrected chi connectivity index (χ0v) is 17.7. The number of Topliss-reactive ketones (excluding diaryl/α,β-unsaturated/α-hetero) is 1. The number of benzene rings is 2. The van der Waals surface area contributed by atoms with Crippen LogP contribution in [-0.2, 0) is 6.18 Å². The standard InChI is InChI=1S/C24H21F3N4O/c1-14-13-15(24(25,26)27)7-8-16(14)19-21-20(17-5-3-4-6-18(17)22(19)32)28-23(29-21)31-11-9-30(2)10-12-31/h3-8,13H,9-12H2,1-2H3. The first-order valence-electron chi connectivity index (χ1n) is 10.4. The highest BCUT2D eigenvalue weighted by Crippen LogP contribution is 2.39. The number of ketones is 1.